The van der Waals surface area contributed by atoms with Crippen LogP contribution in [0.5, 0.6) is 0 Å². The molecule has 0 aliphatic heterocycles. The lowest BCUT2D eigenvalue weighted by Gasteiger charge is -2.18. The topological polar surface area (TPSA) is 119 Å². The van der Waals surface area contributed by atoms with Gasteiger partial charge in [0.1, 0.15) is 0 Å². The number of rotatable bonds is 7. The molecule has 0 heterocycles. The molecule has 0 spiro atoms. The molecule has 0 aliphatic rings. The quantitative estimate of drug-likeness (QED) is 0.345. The number of nitrogens with one attached hydrogen (secondary N) is 1. The molecule has 0 saturated carbocycles. The van der Waals surface area contributed by atoms with E-state index in [0.29, 0.717) is 5.69 Å². The van der Waals surface area contributed by atoms with E-state index in [1.54, 1.807) is 43.4 Å². The molecule has 162 valence electrons. The van der Waals surface area contributed by atoms with Gasteiger partial charge in [-0.2, -0.15) is 0 Å². The van der Waals surface area contributed by atoms with E-state index >= 15 is 0 Å². The lowest BCUT2D eigenvalue weighted by atomic mass is 10.1. The van der Waals surface area contributed by atoms with Gasteiger partial charge in [-0.1, -0.05) is 36.4 Å². The minimum Gasteiger partial charge on any atom is -0.452 e. The van der Waals surface area contributed by atoms with E-state index in [0.717, 1.165) is 0 Å². The van der Waals surface area contributed by atoms with Crippen LogP contribution in [0.4, 0.5) is 17.1 Å². The zero-order chi connectivity index (χ0) is 23.1. The van der Waals surface area contributed by atoms with Crippen molar-refractivity contribution in [2.24, 2.45) is 0 Å². The van der Waals surface area contributed by atoms with Crippen LogP contribution in [0.3, 0.4) is 0 Å². The van der Waals surface area contributed by atoms with Gasteiger partial charge in [0.15, 0.2) is 6.61 Å². The first-order chi connectivity index (χ1) is 15.4. The Labute approximate surface area is 183 Å². The van der Waals surface area contributed by atoms with Crippen LogP contribution < -0.4 is 10.2 Å². The number of carbonyl (C=O) groups is 3. The van der Waals surface area contributed by atoms with Gasteiger partial charge < -0.3 is 15.0 Å². The van der Waals surface area contributed by atoms with E-state index in [1.165, 1.54) is 41.3 Å². The van der Waals surface area contributed by atoms with Crippen LogP contribution in [-0.4, -0.2) is 36.4 Å². The van der Waals surface area contributed by atoms with Gasteiger partial charge in [-0.15, -0.1) is 0 Å². The van der Waals surface area contributed by atoms with Crippen molar-refractivity contribution >= 4 is 34.8 Å². The maximum atomic E-state index is 12.9. The number of para-hydroxylation sites is 1. The average molecular weight is 433 g/mol. The molecule has 0 saturated heterocycles. The van der Waals surface area contributed by atoms with Crippen molar-refractivity contribution in [3.05, 3.63) is 100 Å². The second-order valence-electron chi connectivity index (χ2n) is 6.68. The van der Waals surface area contributed by atoms with Crippen LogP contribution in [0.15, 0.2) is 78.9 Å². The van der Waals surface area contributed by atoms with E-state index in [2.05, 4.69) is 5.32 Å². The molecule has 2 amide bonds. The number of carbonyl (C=O) groups excluding carboxylic acids is 3. The molecule has 0 atom stereocenters. The number of benzene rings is 3. The van der Waals surface area contributed by atoms with Crippen LogP contribution in [-0.2, 0) is 9.53 Å². The highest BCUT2D eigenvalue weighted by atomic mass is 16.6. The molecule has 32 heavy (non-hydrogen) atoms. The first kappa shape index (κ1) is 22.2. The van der Waals surface area contributed by atoms with Gasteiger partial charge in [0.05, 0.1) is 16.1 Å². The molecule has 3 aromatic carbocycles. The van der Waals surface area contributed by atoms with E-state index < -0.39 is 29.3 Å². The normalized spacial score (nSPS) is 10.2. The highest BCUT2D eigenvalue weighted by Gasteiger charge is 2.22. The summed E-state index contributed by atoms with van der Waals surface area (Å²) in [5.41, 5.74) is 0.804. The Bertz CT molecular complexity index is 1160. The second kappa shape index (κ2) is 9.98. The van der Waals surface area contributed by atoms with Gasteiger partial charge in [0.25, 0.3) is 17.5 Å². The molecule has 1 N–H and O–H groups in total. The number of ether oxygens (including phenoxy) is 1. The molecule has 9 heteroatoms. The molecule has 3 rings (SSSR count). The van der Waals surface area contributed by atoms with Gasteiger partial charge in [-0.25, -0.2) is 4.79 Å². The van der Waals surface area contributed by atoms with Crippen LogP contribution in [0.1, 0.15) is 20.7 Å². The van der Waals surface area contributed by atoms with Crippen LogP contribution >= 0.6 is 0 Å². The van der Waals surface area contributed by atoms with Gasteiger partial charge in [0, 0.05) is 30.6 Å². The summed E-state index contributed by atoms with van der Waals surface area (Å²) in [7, 11) is 1.59. The maximum Gasteiger partial charge on any atom is 0.339 e. The highest BCUT2D eigenvalue weighted by molar-refractivity contribution is 6.12. The first-order valence-corrected chi connectivity index (χ1v) is 9.50. The van der Waals surface area contributed by atoms with Crippen molar-refractivity contribution in [3.8, 4) is 0 Å². The minimum absolute atomic E-state index is 0.0171. The lowest BCUT2D eigenvalue weighted by Crippen LogP contribution is -2.28. The number of non-ortho nitro benzene ring substituents is 1. The van der Waals surface area contributed by atoms with Gasteiger partial charge in [-0.05, 0) is 30.3 Å². The maximum absolute atomic E-state index is 12.9. The summed E-state index contributed by atoms with van der Waals surface area (Å²) >= 11 is 0. The van der Waals surface area contributed by atoms with E-state index in [-0.39, 0.29) is 22.5 Å². The van der Waals surface area contributed by atoms with Gasteiger partial charge >= 0.3 is 5.97 Å². The summed E-state index contributed by atoms with van der Waals surface area (Å²) in [4.78, 5) is 49.2. The van der Waals surface area contributed by atoms with E-state index in [9.17, 15) is 24.5 Å². The largest absolute Gasteiger partial charge is 0.452 e. The number of anilines is 2. The Morgan fingerprint density at radius 3 is 2.28 bits per heavy atom. The number of esters is 1. The number of nitro groups is 1. The zero-order valence-corrected chi connectivity index (χ0v) is 17.1. The van der Waals surface area contributed by atoms with E-state index in [4.69, 9.17) is 4.74 Å². The van der Waals surface area contributed by atoms with Crippen molar-refractivity contribution in [3.63, 3.8) is 0 Å². The van der Waals surface area contributed by atoms with Gasteiger partial charge in [0.2, 0.25) is 0 Å². The van der Waals surface area contributed by atoms with Crippen LogP contribution in [0.2, 0.25) is 0 Å². The third kappa shape index (κ3) is 5.33. The predicted molar refractivity (Wildman–Crippen MR) is 118 cm³/mol. The Morgan fingerprint density at radius 1 is 0.938 bits per heavy atom. The monoisotopic (exact) mass is 433 g/mol. The van der Waals surface area contributed by atoms with Crippen molar-refractivity contribution in [2.75, 3.05) is 23.9 Å². The van der Waals surface area contributed by atoms with Crippen LogP contribution in [0.25, 0.3) is 0 Å². The minimum atomic E-state index is -0.843. The van der Waals surface area contributed by atoms with Gasteiger partial charge in [-0.3, -0.25) is 19.7 Å². The number of nitro benzene ring substituents is 1. The summed E-state index contributed by atoms with van der Waals surface area (Å²) in [6.07, 6.45) is 0. The Kier molecular flexibility index (Phi) is 6.92. The molecule has 0 bridgehead atoms. The molecule has 0 aromatic heterocycles. The Hall–Kier alpha value is -4.53. The molecule has 9 nitrogen and oxygen atoms in total. The van der Waals surface area contributed by atoms with Crippen molar-refractivity contribution in [1.82, 2.24) is 0 Å². The summed E-state index contributed by atoms with van der Waals surface area (Å²) in [5, 5.41) is 13.3. The molecular weight excluding hydrogens is 414 g/mol. The number of amides is 2. The molecule has 0 aliphatic carbocycles. The third-order valence-corrected chi connectivity index (χ3v) is 4.50. The van der Waals surface area contributed by atoms with Crippen molar-refractivity contribution in [2.45, 2.75) is 0 Å². The Morgan fingerprint density at radius 2 is 1.59 bits per heavy atom. The zero-order valence-electron chi connectivity index (χ0n) is 17.1. The fourth-order valence-electron chi connectivity index (χ4n) is 2.90. The first-order valence-electron chi connectivity index (χ1n) is 9.50. The van der Waals surface area contributed by atoms with Crippen molar-refractivity contribution < 1.29 is 24.0 Å². The summed E-state index contributed by atoms with van der Waals surface area (Å²) < 4.78 is 5.06. The Balaban J connectivity index is 1.67. The third-order valence-electron chi connectivity index (χ3n) is 4.50. The molecular formula is C23H19N3O6. The molecule has 0 fully saturated rings. The fraction of sp³-hybridized carbons (Fsp3) is 0.0870. The average Bonchev–Trinajstić information content (AvgIpc) is 2.82. The summed E-state index contributed by atoms with van der Waals surface area (Å²) in [6, 6.07) is 20.4. The molecule has 0 unspecified atom stereocenters. The van der Waals surface area contributed by atoms with Crippen LogP contribution in [0, 0.1) is 10.1 Å². The second-order valence-corrected chi connectivity index (χ2v) is 6.68. The smallest absolute Gasteiger partial charge is 0.339 e. The number of hydrogen-bond acceptors (Lipinski definition) is 6. The fourth-order valence-corrected chi connectivity index (χ4v) is 2.90. The number of hydrogen-bond donors (Lipinski definition) is 1. The lowest BCUT2D eigenvalue weighted by molar-refractivity contribution is -0.384. The number of nitrogens with zero attached hydrogens (tertiary/aromatic N) is 2. The predicted octanol–water partition coefficient (Wildman–Crippen LogP) is 3.67. The summed E-state index contributed by atoms with van der Waals surface area (Å²) in [5.74, 6) is -1.93. The molecule has 3 aromatic rings. The SMILES string of the molecule is CN(C(=O)c1ccccc1C(=O)OCC(=O)Nc1cccc([N+](=O)[O-])c1)c1ccccc1. The summed E-state index contributed by atoms with van der Waals surface area (Å²) in [6.45, 7) is -0.626. The molecule has 0 radical (unpaired) electrons. The van der Waals surface area contributed by atoms with E-state index in [1.807, 2.05) is 6.07 Å². The van der Waals surface area contributed by atoms with Crippen molar-refractivity contribution in [1.29, 1.82) is 0 Å². The standard InChI is InChI=1S/C23H19N3O6/c1-25(17-9-3-2-4-10-17)22(28)19-12-5-6-13-20(19)23(29)32-15-21(27)24-16-8-7-11-18(14-16)26(30)31/h2-14H,15H2,1H3,(H,24,27). The highest BCUT2D eigenvalue weighted by Crippen LogP contribution is 2.19.